The van der Waals surface area contributed by atoms with Crippen LogP contribution in [0.4, 0.5) is 0 Å². The molecule has 1 N–H and O–H groups in total. The van der Waals surface area contributed by atoms with Gasteiger partial charge in [0.25, 0.3) is 0 Å². The predicted molar refractivity (Wildman–Crippen MR) is 53.3 cm³/mol. The van der Waals surface area contributed by atoms with Crippen molar-refractivity contribution in [2.45, 2.75) is 4.90 Å². The number of aromatic nitrogens is 2. The molecule has 0 spiro atoms. The van der Waals surface area contributed by atoms with Crippen LogP contribution in [0.25, 0.3) is 11.0 Å². The number of thioether (sulfide) groups is 1. The summed E-state index contributed by atoms with van der Waals surface area (Å²) in [6, 6.07) is 5.85. The van der Waals surface area contributed by atoms with Gasteiger partial charge in [-0.1, -0.05) is 6.07 Å². The maximum atomic E-state index is 10.5. The SMILES string of the molecule is CSc1cccc2[nH]c(C=O)nc12. The third kappa shape index (κ3) is 1.33. The van der Waals surface area contributed by atoms with E-state index in [2.05, 4.69) is 9.97 Å². The van der Waals surface area contributed by atoms with Gasteiger partial charge in [-0.3, -0.25) is 4.79 Å². The normalized spacial score (nSPS) is 10.5. The van der Waals surface area contributed by atoms with Crippen molar-refractivity contribution in [2.75, 3.05) is 6.26 Å². The van der Waals surface area contributed by atoms with Gasteiger partial charge in [0.1, 0.15) is 5.52 Å². The summed E-state index contributed by atoms with van der Waals surface area (Å²) in [7, 11) is 0. The van der Waals surface area contributed by atoms with E-state index >= 15 is 0 Å². The molecule has 0 aliphatic carbocycles. The van der Waals surface area contributed by atoms with E-state index in [1.165, 1.54) is 0 Å². The zero-order valence-electron chi connectivity index (χ0n) is 7.07. The van der Waals surface area contributed by atoms with Gasteiger partial charge in [0, 0.05) is 4.90 Å². The van der Waals surface area contributed by atoms with Crippen LogP contribution in [0.1, 0.15) is 10.6 Å². The van der Waals surface area contributed by atoms with Crippen LogP contribution in [0, 0.1) is 0 Å². The number of hydrogen-bond acceptors (Lipinski definition) is 3. The number of nitrogens with one attached hydrogen (secondary N) is 1. The highest BCUT2D eigenvalue weighted by Crippen LogP contribution is 2.23. The minimum Gasteiger partial charge on any atom is -0.336 e. The first kappa shape index (κ1) is 8.31. The Morgan fingerprint density at radius 3 is 3.08 bits per heavy atom. The van der Waals surface area contributed by atoms with E-state index in [-0.39, 0.29) is 0 Å². The Morgan fingerprint density at radius 1 is 1.54 bits per heavy atom. The van der Waals surface area contributed by atoms with Gasteiger partial charge in [0.15, 0.2) is 12.1 Å². The highest BCUT2D eigenvalue weighted by molar-refractivity contribution is 7.98. The predicted octanol–water partition coefficient (Wildman–Crippen LogP) is 2.10. The molecule has 0 amide bonds. The molecule has 0 aliphatic heterocycles. The smallest absolute Gasteiger partial charge is 0.185 e. The molecule has 1 aromatic heterocycles. The third-order valence-electron chi connectivity index (χ3n) is 1.83. The Balaban J connectivity index is 2.74. The quantitative estimate of drug-likeness (QED) is 0.585. The number of para-hydroxylation sites is 1. The molecule has 1 aromatic carbocycles. The average Bonchev–Trinajstić information content (AvgIpc) is 2.59. The Morgan fingerprint density at radius 2 is 2.38 bits per heavy atom. The molecule has 2 rings (SSSR count). The lowest BCUT2D eigenvalue weighted by atomic mass is 10.3. The van der Waals surface area contributed by atoms with Gasteiger partial charge < -0.3 is 4.98 Å². The number of rotatable bonds is 2. The number of H-pyrrole nitrogens is 1. The van der Waals surface area contributed by atoms with Crippen LogP contribution >= 0.6 is 11.8 Å². The first-order chi connectivity index (χ1) is 6.35. The average molecular weight is 192 g/mol. The number of imidazole rings is 1. The lowest BCUT2D eigenvalue weighted by Gasteiger charge is -1.94. The number of fused-ring (bicyclic) bond motifs is 1. The van der Waals surface area contributed by atoms with Gasteiger partial charge in [0.05, 0.1) is 5.52 Å². The Hall–Kier alpha value is -1.29. The fourth-order valence-electron chi connectivity index (χ4n) is 1.25. The Labute approximate surface area is 79.6 Å². The van der Waals surface area contributed by atoms with Crippen LogP contribution < -0.4 is 0 Å². The summed E-state index contributed by atoms with van der Waals surface area (Å²) in [6.45, 7) is 0. The second kappa shape index (κ2) is 3.22. The summed E-state index contributed by atoms with van der Waals surface area (Å²) >= 11 is 1.62. The van der Waals surface area contributed by atoms with E-state index in [1.54, 1.807) is 11.8 Å². The molecular formula is C9H8N2OS. The first-order valence-electron chi connectivity index (χ1n) is 3.83. The van der Waals surface area contributed by atoms with Crippen molar-refractivity contribution < 1.29 is 4.79 Å². The molecule has 0 saturated carbocycles. The summed E-state index contributed by atoms with van der Waals surface area (Å²) < 4.78 is 0. The number of carbonyl (C=O) groups excluding carboxylic acids is 1. The summed E-state index contributed by atoms with van der Waals surface area (Å²) in [4.78, 5) is 18.6. The number of nitrogens with zero attached hydrogens (tertiary/aromatic N) is 1. The lowest BCUT2D eigenvalue weighted by molar-refractivity contribution is 0.111. The molecule has 0 saturated heterocycles. The van der Waals surface area contributed by atoms with Gasteiger partial charge in [-0.25, -0.2) is 4.98 Å². The zero-order chi connectivity index (χ0) is 9.26. The Kier molecular flexibility index (Phi) is 2.06. The molecule has 3 nitrogen and oxygen atoms in total. The van der Waals surface area contributed by atoms with E-state index in [9.17, 15) is 4.79 Å². The van der Waals surface area contributed by atoms with Crippen molar-refractivity contribution in [3.63, 3.8) is 0 Å². The second-order valence-electron chi connectivity index (χ2n) is 2.60. The molecule has 2 aromatic rings. The molecule has 1 heterocycles. The van der Waals surface area contributed by atoms with Crippen LogP contribution in [0.2, 0.25) is 0 Å². The van der Waals surface area contributed by atoms with Crippen molar-refractivity contribution in [3.8, 4) is 0 Å². The summed E-state index contributed by atoms with van der Waals surface area (Å²) in [6.07, 6.45) is 2.72. The van der Waals surface area contributed by atoms with Crippen LogP contribution in [-0.4, -0.2) is 22.5 Å². The lowest BCUT2D eigenvalue weighted by Crippen LogP contribution is -1.79. The highest BCUT2D eigenvalue weighted by atomic mass is 32.2. The zero-order valence-corrected chi connectivity index (χ0v) is 7.89. The van der Waals surface area contributed by atoms with Gasteiger partial charge >= 0.3 is 0 Å². The number of carbonyl (C=O) groups is 1. The topological polar surface area (TPSA) is 45.8 Å². The molecule has 66 valence electrons. The van der Waals surface area contributed by atoms with Crippen LogP contribution in [-0.2, 0) is 0 Å². The standard InChI is InChI=1S/C9H8N2OS/c1-13-7-4-2-3-6-9(7)11-8(5-12)10-6/h2-5H,1H3,(H,10,11). The van der Waals surface area contributed by atoms with E-state index in [0.29, 0.717) is 5.82 Å². The first-order valence-corrected chi connectivity index (χ1v) is 5.05. The number of benzene rings is 1. The largest absolute Gasteiger partial charge is 0.336 e. The minimum absolute atomic E-state index is 0.386. The maximum absolute atomic E-state index is 10.5. The van der Waals surface area contributed by atoms with Gasteiger partial charge in [-0.05, 0) is 18.4 Å². The minimum atomic E-state index is 0.386. The molecule has 0 radical (unpaired) electrons. The van der Waals surface area contributed by atoms with Gasteiger partial charge in [0.2, 0.25) is 0 Å². The van der Waals surface area contributed by atoms with Crippen molar-refractivity contribution in [1.82, 2.24) is 9.97 Å². The summed E-state index contributed by atoms with van der Waals surface area (Å²) in [5.41, 5.74) is 1.78. The Bertz CT molecular complexity index is 450. The van der Waals surface area contributed by atoms with E-state index < -0.39 is 0 Å². The molecule has 13 heavy (non-hydrogen) atoms. The maximum Gasteiger partial charge on any atom is 0.185 e. The molecule has 0 bridgehead atoms. The fourth-order valence-corrected chi connectivity index (χ4v) is 1.81. The molecule has 0 unspecified atom stereocenters. The number of hydrogen-bond donors (Lipinski definition) is 1. The van der Waals surface area contributed by atoms with E-state index in [4.69, 9.17) is 0 Å². The number of aromatic amines is 1. The second-order valence-corrected chi connectivity index (χ2v) is 3.44. The third-order valence-corrected chi connectivity index (χ3v) is 2.59. The molecule has 0 atom stereocenters. The molecule has 0 fully saturated rings. The van der Waals surface area contributed by atoms with E-state index in [0.717, 1.165) is 22.2 Å². The van der Waals surface area contributed by atoms with Gasteiger partial charge in [-0.15, -0.1) is 11.8 Å². The fraction of sp³-hybridized carbons (Fsp3) is 0.111. The summed E-state index contributed by atoms with van der Waals surface area (Å²) in [5.74, 6) is 0.386. The van der Waals surface area contributed by atoms with Crippen molar-refractivity contribution in [3.05, 3.63) is 24.0 Å². The molecule has 0 aliphatic rings. The number of aldehydes is 1. The van der Waals surface area contributed by atoms with Crippen molar-refractivity contribution in [2.24, 2.45) is 0 Å². The van der Waals surface area contributed by atoms with Crippen LogP contribution in [0.3, 0.4) is 0 Å². The van der Waals surface area contributed by atoms with Crippen molar-refractivity contribution in [1.29, 1.82) is 0 Å². The monoisotopic (exact) mass is 192 g/mol. The van der Waals surface area contributed by atoms with Gasteiger partial charge in [-0.2, -0.15) is 0 Å². The van der Waals surface area contributed by atoms with Crippen LogP contribution in [0.5, 0.6) is 0 Å². The van der Waals surface area contributed by atoms with Crippen molar-refractivity contribution >= 4 is 29.1 Å². The summed E-state index contributed by atoms with van der Waals surface area (Å²) in [5, 5.41) is 0. The highest BCUT2D eigenvalue weighted by Gasteiger charge is 2.04. The molecule has 4 heteroatoms. The van der Waals surface area contributed by atoms with Crippen LogP contribution in [0.15, 0.2) is 23.1 Å². The molecular weight excluding hydrogens is 184 g/mol. The van der Waals surface area contributed by atoms with E-state index in [1.807, 2.05) is 24.5 Å².